The summed E-state index contributed by atoms with van der Waals surface area (Å²) < 4.78 is 6.85. The molecule has 2 aromatic heterocycles. The van der Waals surface area contributed by atoms with Gasteiger partial charge in [-0.1, -0.05) is 11.6 Å². The van der Waals surface area contributed by atoms with Gasteiger partial charge in [0.1, 0.15) is 11.3 Å². The number of hydrogen-bond donors (Lipinski definition) is 1. The van der Waals surface area contributed by atoms with Crippen LogP contribution < -0.4 is 5.32 Å². The van der Waals surface area contributed by atoms with E-state index in [1.165, 1.54) is 0 Å². The van der Waals surface area contributed by atoms with Crippen molar-refractivity contribution in [3.05, 3.63) is 35.4 Å². The Balaban J connectivity index is 2.33. The summed E-state index contributed by atoms with van der Waals surface area (Å²) in [6.07, 6.45) is 4.49. The van der Waals surface area contributed by atoms with E-state index in [0.29, 0.717) is 11.4 Å². The van der Waals surface area contributed by atoms with E-state index in [2.05, 4.69) is 15.4 Å². The number of anilines is 1. The molecule has 0 fully saturated rings. The quantitative estimate of drug-likeness (QED) is 0.861. The van der Waals surface area contributed by atoms with Crippen LogP contribution in [0.1, 0.15) is 26.3 Å². The second kappa shape index (κ2) is 5.73. The number of nitrogens with one attached hydrogen (secondary N) is 1. The highest BCUT2D eigenvalue weighted by Gasteiger charge is 2.19. The molecule has 0 unspecified atom stereocenters. The standard InChI is InChI=1S/C14H17ClN4O2/c1-9-7-17-19(8-9)10-5-6-16-12(15)11(10)18-13(20)21-14(2,3)4/h5-8H,1-4H3,(H,18,20). The Morgan fingerprint density at radius 2 is 2.14 bits per heavy atom. The second-order valence-electron chi connectivity index (χ2n) is 5.59. The van der Waals surface area contributed by atoms with Crippen LogP contribution in [0.25, 0.3) is 5.69 Å². The van der Waals surface area contributed by atoms with Crippen molar-refractivity contribution in [3.8, 4) is 5.69 Å². The lowest BCUT2D eigenvalue weighted by Gasteiger charge is -2.20. The maximum Gasteiger partial charge on any atom is 0.412 e. The molecule has 6 nitrogen and oxygen atoms in total. The molecular formula is C14H17ClN4O2. The number of pyridine rings is 1. The summed E-state index contributed by atoms with van der Waals surface area (Å²) in [7, 11) is 0. The van der Waals surface area contributed by atoms with Crippen LogP contribution in [0.3, 0.4) is 0 Å². The zero-order valence-electron chi connectivity index (χ0n) is 12.3. The summed E-state index contributed by atoms with van der Waals surface area (Å²) in [6, 6.07) is 1.71. The van der Waals surface area contributed by atoms with Crippen LogP contribution in [-0.2, 0) is 4.74 Å². The van der Waals surface area contributed by atoms with Crippen LogP contribution in [0.4, 0.5) is 10.5 Å². The van der Waals surface area contributed by atoms with E-state index < -0.39 is 11.7 Å². The van der Waals surface area contributed by atoms with Gasteiger partial charge in [0.25, 0.3) is 0 Å². The van der Waals surface area contributed by atoms with Crippen molar-refractivity contribution in [2.45, 2.75) is 33.3 Å². The number of ether oxygens (including phenoxy) is 1. The predicted octanol–water partition coefficient (Wildman–Crippen LogP) is 3.58. The number of amides is 1. The largest absolute Gasteiger partial charge is 0.444 e. The minimum absolute atomic E-state index is 0.173. The number of aryl methyl sites for hydroxylation is 1. The number of aromatic nitrogens is 3. The number of rotatable bonds is 2. The number of nitrogens with zero attached hydrogens (tertiary/aromatic N) is 3. The lowest BCUT2D eigenvalue weighted by atomic mass is 10.2. The molecule has 112 valence electrons. The first-order valence-electron chi connectivity index (χ1n) is 6.42. The SMILES string of the molecule is Cc1cnn(-c2ccnc(Cl)c2NC(=O)OC(C)(C)C)c1. The molecule has 0 aromatic carbocycles. The highest BCUT2D eigenvalue weighted by Crippen LogP contribution is 2.27. The Morgan fingerprint density at radius 1 is 1.43 bits per heavy atom. The van der Waals surface area contributed by atoms with Crippen LogP contribution in [0.15, 0.2) is 24.7 Å². The summed E-state index contributed by atoms with van der Waals surface area (Å²) in [6.45, 7) is 7.28. The van der Waals surface area contributed by atoms with Gasteiger partial charge in [-0.05, 0) is 39.3 Å². The average Bonchev–Trinajstić information content (AvgIpc) is 2.76. The van der Waals surface area contributed by atoms with E-state index in [1.807, 2.05) is 13.1 Å². The smallest absolute Gasteiger partial charge is 0.412 e. The van der Waals surface area contributed by atoms with Gasteiger partial charge in [0.2, 0.25) is 0 Å². The maximum atomic E-state index is 11.9. The van der Waals surface area contributed by atoms with Gasteiger partial charge in [0.15, 0.2) is 5.15 Å². The highest BCUT2D eigenvalue weighted by atomic mass is 35.5. The lowest BCUT2D eigenvalue weighted by molar-refractivity contribution is 0.0636. The van der Waals surface area contributed by atoms with Crippen LogP contribution in [0, 0.1) is 6.92 Å². The summed E-state index contributed by atoms with van der Waals surface area (Å²) in [5, 5.41) is 7.01. The molecule has 21 heavy (non-hydrogen) atoms. The molecule has 0 saturated heterocycles. The molecule has 0 bridgehead atoms. The second-order valence-corrected chi connectivity index (χ2v) is 5.94. The van der Waals surface area contributed by atoms with Crippen molar-refractivity contribution in [1.29, 1.82) is 0 Å². The number of halogens is 1. The van der Waals surface area contributed by atoms with Crippen molar-refractivity contribution in [1.82, 2.24) is 14.8 Å². The first-order valence-corrected chi connectivity index (χ1v) is 6.80. The molecule has 0 aliphatic heterocycles. The van der Waals surface area contributed by atoms with Crippen LogP contribution in [-0.4, -0.2) is 26.5 Å². The van der Waals surface area contributed by atoms with Gasteiger partial charge in [0.05, 0.1) is 11.9 Å². The zero-order chi connectivity index (χ0) is 15.6. The first kappa shape index (κ1) is 15.3. The van der Waals surface area contributed by atoms with Crippen molar-refractivity contribution < 1.29 is 9.53 Å². The van der Waals surface area contributed by atoms with E-state index in [0.717, 1.165) is 5.56 Å². The van der Waals surface area contributed by atoms with Crippen LogP contribution >= 0.6 is 11.6 Å². The van der Waals surface area contributed by atoms with Gasteiger partial charge in [-0.25, -0.2) is 14.5 Å². The molecule has 2 aromatic rings. The Kier molecular flexibility index (Phi) is 4.18. The number of carbonyl (C=O) groups excluding carboxylic acids is 1. The summed E-state index contributed by atoms with van der Waals surface area (Å²) in [5.74, 6) is 0. The summed E-state index contributed by atoms with van der Waals surface area (Å²) in [5.41, 5.74) is 1.37. The van der Waals surface area contributed by atoms with Gasteiger partial charge in [-0.15, -0.1) is 0 Å². The van der Waals surface area contributed by atoms with Crippen LogP contribution in [0.5, 0.6) is 0 Å². The molecule has 0 saturated carbocycles. The molecule has 2 heterocycles. The summed E-state index contributed by atoms with van der Waals surface area (Å²) >= 11 is 6.08. The Labute approximate surface area is 128 Å². The van der Waals surface area contributed by atoms with E-state index in [9.17, 15) is 4.79 Å². The van der Waals surface area contributed by atoms with E-state index >= 15 is 0 Å². The van der Waals surface area contributed by atoms with Crippen molar-refractivity contribution in [3.63, 3.8) is 0 Å². The molecule has 0 aliphatic rings. The minimum Gasteiger partial charge on any atom is -0.444 e. The molecule has 1 amide bonds. The van der Waals surface area contributed by atoms with Gasteiger partial charge in [0, 0.05) is 12.4 Å². The van der Waals surface area contributed by atoms with Gasteiger partial charge in [-0.3, -0.25) is 5.32 Å². The van der Waals surface area contributed by atoms with Crippen molar-refractivity contribution >= 4 is 23.4 Å². The fourth-order valence-corrected chi connectivity index (χ4v) is 1.88. The fourth-order valence-electron chi connectivity index (χ4n) is 1.68. The molecule has 0 aliphatic carbocycles. The zero-order valence-corrected chi connectivity index (χ0v) is 13.1. The highest BCUT2D eigenvalue weighted by molar-refractivity contribution is 6.32. The van der Waals surface area contributed by atoms with Gasteiger partial charge < -0.3 is 4.74 Å². The predicted molar refractivity (Wildman–Crippen MR) is 81.0 cm³/mol. The number of hydrogen-bond acceptors (Lipinski definition) is 4. The Hall–Kier alpha value is -2.08. The van der Waals surface area contributed by atoms with Crippen molar-refractivity contribution in [2.24, 2.45) is 0 Å². The monoisotopic (exact) mass is 308 g/mol. The lowest BCUT2D eigenvalue weighted by Crippen LogP contribution is -2.27. The molecule has 0 radical (unpaired) electrons. The molecule has 7 heteroatoms. The van der Waals surface area contributed by atoms with Crippen molar-refractivity contribution in [2.75, 3.05) is 5.32 Å². The molecule has 2 rings (SSSR count). The van der Waals surface area contributed by atoms with E-state index in [1.54, 1.807) is 43.9 Å². The topological polar surface area (TPSA) is 69.0 Å². The third kappa shape index (κ3) is 3.95. The fraction of sp³-hybridized carbons (Fsp3) is 0.357. The first-order chi connectivity index (χ1) is 9.76. The van der Waals surface area contributed by atoms with Gasteiger partial charge >= 0.3 is 6.09 Å². The molecular weight excluding hydrogens is 292 g/mol. The Bertz CT molecular complexity index is 661. The van der Waals surface area contributed by atoms with E-state index in [-0.39, 0.29) is 5.15 Å². The normalized spacial score (nSPS) is 11.3. The number of carbonyl (C=O) groups is 1. The Morgan fingerprint density at radius 3 is 2.71 bits per heavy atom. The third-order valence-corrected chi connectivity index (χ3v) is 2.75. The minimum atomic E-state index is -0.596. The average molecular weight is 309 g/mol. The molecule has 1 N–H and O–H groups in total. The third-order valence-electron chi connectivity index (χ3n) is 2.47. The summed E-state index contributed by atoms with van der Waals surface area (Å²) in [4.78, 5) is 15.9. The van der Waals surface area contributed by atoms with Gasteiger partial charge in [-0.2, -0.15) is 5.10 Å². The molecule has 0 spiro atoms. The maximum absolute atomic E-state index is 11.9. The van der Waals surface area contributed by atoms with Crippen LogP contribution in [0.2, 0.25) is 5.15 Å². The molecule has 0 atom stereocenters. The van der Waals surface area contributed by atoms with E-state index in [4.69, 9.17) is 16.3 Å².